The summed E-state index contributed by atoms with van der Waals surface area (Å²) in [7, 11) is -3.89. The predicted molar refractivity (Wildman–Crippen MR) is 220 cm³/mol. The number of aromatic nitrogens is 1. The minimum Gasteiger partial charge on any atom is -0.491 e. The minimum absolute atomic E-state index is 0.000763. The second-order valence-electron chi connectivity index (χ2n) is 16.5. The van der Waals surface area contributed by atoms with E-state index in [0.717, 1.165) is 29.5 Å². The van der Waals surface area contributed by atoms with Crippen LogP contribution in [0.3, 0.4) is 0 Å². The monoisotopic (exact) mass is 834 g/mol. The molecule has 2 aliphatic heterocycles. The van der Waals surface area contributed by atoms with Gasteiger partial charge in [0.25, 0.3) is 10.1 Å². The zero-order valence-electron chi connectivity index (χ0n) is 34.6. The molecule has 59 heavy (non-hydrogen) atoms. The first-order valence-corrected chi connectivity index (χ1v) is 21.8. The maximum Gasteiger partial charge on any atom is 0.407 e. The summed E-state index contributed by atoms with van der Waals surface area (Å²) in [4.78, 5) is 59.2. The molecule has 2 atom stereocenters. The van der Waals surface area contributed by atoms with Crippen LogP contribution in [0.25, 0.3) is 0 Å². The van der Waals surface area contributed by atoms with Gasteiger partial charge in [-0.3, -0.25) is 23.6 Å². The molecule has 320 valence electrons. The Hall–Kier alpha value is -5.02. The lowest BCUT2D eigenvalue weighted by atomic mass is 9.91. The van der Waals surface area contributed by atoms with Crippen LogP contribution in [0, 0.1) is 18.8 Å². The Morgan fingerprint density at radius 1 is 0.915 bits per heavy atom. The van der Waals surface area contributed by atoms with Gasteiger partial charge in [-0.1, -0.05) is 35.9 Å². The van der Waals surface area contributed by atoms with E-state index in [2.05, 4.69) is 10.3 Å². The second-order valence-corrected chi connectivity index (χ2v) is 18.1. The molecule has 2 aromatic carbocycles. The quantitative estimate of drug-likeness (QED) is 0.0891. The summed E-state index contributed by atoms with van der Waals surface area (Å²) in [5.74, 6) is -0.267. The van der Waals surface area contributed by atoms with Gasteiger partial charge in [0, 0.05) is 45.0 Å². The van der Waals surface area contributed by atoms with Crippen molar-refractivity contribution < 1.29 is 46.4 Å². The number of hydrogen-bond acceptors (Lipinski definition) is 10. The van der Waals surface area contributed by atoms with Gasteiger partial charge in [0.15, 0.2) is 0 Å². The molecule has 3 aromatic rings. The van der Waals surface area contributed by atoms with Crippen molar-refractivity contribution in [1.82, 2.24) is 20.1 Å². The lowest BCUT2D eigenvalue weighted by Gasteiger charge is -2.34. The Bertz CT molecular complexity index is 2010. The highest BCUT2D eigenvalue weighted by molar-refractivity contribution is 7.86. The first kappa shape index (κ1) is 45.1. The van der Waals surface area contributed by atoms with Crippen LogP contribution >= 0.6 is 0 Å². The van der Waals surface area contributed by atoms with Crippen molar-refractivity contribution in [2.45, 2.75) is 102 Å². The van der Waals surface area contributed by atoms with Crippen LogP contribution in [0.2, 0.25) is 0 Å². The normalized spacial score (nSPS) is 16.9. The van der Waals surface area contributed by atoms with Gasteiger partial charge in [-0.05, 0) is 120 Å². The van der Waals surface area contributed by atoms with Crippen LogP contribution in [0.1, 0.15) is 94.0 Å². The van der Waals surface area contributed by atoms with E-state index in [4.69, 9.17) is 13.7 Å². The number of likely N-dealkylation sites (tertiary alicyclic amines) is 2. The number of carbonyl (C=O) groups is 4. The van der Waals surface area contributed by atoms with Crippen molar-refractivity contribution in [2.24, 2.45) is 11.8 Å². The van der Waals surface area contributed by atoms with E-state index < -0.39 is 39.7 Å². The van der Waals surface area contributed by atoms with Crippen molar-refractivity contribution in [3.8, 4) is 5.75 Å². The number of nitrogens with one attached hydrogen (secondary N) is 1. The first-order valence-electron chi connectivity index (χ1n) is 20.4. The van der Waals surface area contributed by atoms with Gasteiger partial charge in [0.1, 0.15) is 24.6 Å². The Morgan fingerprint density at radius 2 is 1.64 bits per heavy atom. The Balaban J connectivity index is 1.16. The number of benzene rings is 2. The highest BCUT2D eigenvalue weighted by Gasteiger charge is 2.32. The van der Waals surface area contributed by atoms with E-state index in [1.165, 1.54) is 17.0 Å². The van der Waals surface area contributed by atoms with Crippen molar-refractivity contribution in [1.29, 1.82) is 0 Å². The second kappa shape index (κ2) is 20.8. The molecule has 5 rings (SSSR count). The molecule has 2 fully saturated rings. The average molecular weight is 835 g/mol. The molecular formula is C44H58N4O10S. The molecule has 0 aliphatic carbocycles. The van der Waals surface area contributed by atoms with Gasteiger partial charge in [-0.15, -0.1) is 0 Å². The number of carbonyl (C=O) groups excluding carboxylic acids is 3. The van der Waals surface area contributed by atoms with Crippen LogP contribution in [-0.4, -0.2) is 97.2 Å². The number of aryl methyl sites for hydroxylation is 3. The number of esters is 1. The van der Waals surface area contributed by atoms with Crippen molar-refractivity contribution in [3.05, 3.63) is 89.2 Å². The summed E-state index contributed by atoms with van der Waals surface area (Å²) in [5.41, 5.74) is 2.78. The largest absolute Gasteiger partial charge is 0.491 e. The van der Waals surface area contributed by atoms with Gasteiger partial charge in [-0.25, -0.2) is 4.79 Å². The molecule has 2 aliphatic rings. The summed E-state index contributed by atoms with van der Waals surface area (Å²) < 4.78 is 41.6. The zero-order chi connectivity index (χ0) is 42.6. The van der Waals surface area contributed by atoms with E-state index in [0.29, 0.717) is 81.9 Å². The number of hydrogen-bond donors (Lipinski definition) is 2. The number of ether oxygens (including phenoxy) is 2. The van der Waals surface area contributed by atoms with E-state index in [1.54, 1.807) is 56.3 Å². The standard InChI is InChI=1S/C44H58N4O10S/c1-31-10-15-38(16-11-31)59(54,55)57-24-23-56-37-9-5-7-33(26-37)12-13-34-25-36(29-45-28-34)39(27-41(50)58-44(2,3)4)46-42(51)35-8-6-20-48(30-35)40(49)17-14-32-18-21-47(22-19-32)43(52)53/h5,7,9-11,15-16,25-26,28-29,32,35,39H,6,8,12-14,17-24,27,30H2,1-4H3,(H,46,51)(H,52,53)/t35-,39+/m1/s1. The van der Waals surface area contributed by atoms with Crippen LogP contribution < -0.4 is 10.1 Å². The van der Waals surface area contributed by atoms with Crippen molar-refractivity contribution in [3.63, 3.8) is 0 Å². The Morgan fingerprint density at radius 3 is 2.36 bits per heavy atom. The third-order valence-corrected chi connectivity index (χ3v) is 11.9. The Kier molecular flexibility index (Phi) is 15.9. The van der Waals surface area contributed by atoms with Crippen molar-refractivity contribution >= 4 is 34.0 Å². The number of nitrogens with zero attached hydrogens (tertiary/aromatic N) is 3. The molecule has 0 unspecified atom stereocenters. The number of piperidine rings is 2. The van der Waals surface area contributed by atoms with Gasteiger partial charge >= 0.3 is 12.1 Å². The molecule has 0 spiro atoms. The van der Waals surface area contributed by atoms with Crippen molar-refractivity contribution in [2.75, 3.05) is 39.4 Å². The van der Waals surface area contributed by atoms with Gasteiger partial charge < -0.3 is 29.7 Å². The molecule has 2 N–H and O–H groups in total. The molecule has 14 nitrogen and oxygen atoms in total. The summed E-state index contributed by atoms with van der Waals surface area (Å²) in [5, 5.41) is 12.3. The number of pyridine rings is 1. The predicted octanol–water partition coefficient (Wildman–Crippen LogP) is 6.26. The molecule has 1 aromatic heterocycles. The van der Waals surface area contributed by atoms with Crippen LogP contribution in [-0.2, 0) is 46.3 Å². The third kappa shape index (κ3) is 14.3. The third-order valence-electron chi connectivity index (χ3n) is 10.6. The zero-order valence-corrected chi connectivity index (χ0v) is 35.4. The first-order chi connectivity index (χ1) is 28.0. The summed E-state index contributed by atoms with van der Waals surface area (Å²) >= 11 is 0. The van der Waals surface area contributed by atoms with Gasteiger partial charge in [0.2, 0.25) is 11.8 Å². The maximum absolute atomic E-state index is 13.8. The van der Waals surface area contributed by atoms with E-state index in [1.807, 2.05) is 31.2 Å². The highest BCUT2D eigenvalue weighted by Crippen LogP contribution is 2.26. The van der Waals surface area contributed by atoms with Crippen LogP contribution in [0.4, 0.5) is 4.79 Å². The molecule has 15 heteroatoms. The molecule has 0 saturated carbocycles. The topological polar surface area (TPSA) is 182 Å². The SMILES string of the molecule is Cc1ccc(S(=O)(=O)OCCOc2cccc(CCc3cncc([C@H](CC(=O)OC(C)(C)C)NC(=O)[C@@H]4CCCN(C(=O)CCC5CCN(C(=O)O)CC5)C4)c3)c2)cc1. The summed E-state index contributed by atoms with van der Waals surface area (Å²) in [6, 6.07) is 15.2. The van der Waals surface area contributed by atoms with E-state index >= 15 is 0 Å². The summed E-state index contributed by atoms with van der Waals surface area (Å²) in [6.07, 6.45) is 7.47. The molecule has 0 radical (unpaired) electrons. The maximum atomic E-state index is 13.8. The molecular weight excluding hydrogens is 777 g/mol. The van der Waals surface area contributed by atoms with Gasteiger partial charge in [-0.2, -0.15) is 8.42 Å². The van der Waals surface area contributed by atoms with E-state index in [9.17, 15) is 32.7 Å². The van der Waals surface area contributed by atoms with Crippen LogP contribution in [0.5, 0.6) is 5.75 Å². The lowest BCUT2D eigenvalue weighted by molar-refractivity contribution is -0.155. The highest BCUT2D eigenvalue weighted by atomic mass is 32.2. The van der Waals surface area contributed by atoms with E-state index in [-0.39, 0.29) is 36.3 Å². The fourth-order valence-electron chi connectivity index (χ4n) is 7.40. The minimum atomic E-state index is -3.89. The lowest BCUT2D eigenvalue weighted by Crippen LogP contribution is -2.46. The Labute approximate surface area is 347 Å². The molecule has 0 bridgehead atoms. The fraction of sp³-hybridized carbons (Fsp3) is 0.523. The average Bonchev–Trinajstić information content (AvgIpc) is 3.20. The van der Waals surface area contributed by atoms with Gasteiger partial charge in [0.05, 0.1) is 23.3 Å². The number of rotatable bonds is 17. The molecule has 3 amide bonds. The number of carboxylic acid groups (broad SMARTS) is 1. The summed E-state index contributed by atoms with van der Waals surface area (Å²) in [6.45, 7) is 8.98. The number of amides is 3. The molecule has 3 heterocycles. The fourth-order valence-corrected chi connectivity index (χ4v) is 8.29. The molecule has 2 saturated heterocycles. The van der Waals surface area contributed by atoms with Crippen LogP contribution in [0.15, 0.2) is 71.9 Å². The smallest absolute Gasteiger partial charge is 0.407 e.